The summed E-state index contributed by atoms with van der Waals surface area (Å²) in [5.41, 5.74) is 2.92. The Hall–Kier alpha value is -0.410. The summed E-state index contributed by atoms with van der Waals surface area (Å²) in [5.74, 6) is 0.321. The van der Waals surface area contributed by atoms with Gasteiger partial charge in [0.15, 0.2) is 0 Å². The Kier molecular flexibility index (Phi) is 1.92. The zero-order valence-corrected chi connectivity index (χ0v) is 7.05. The lowest BCUT2D eigenvalue weighted by Crippen LogP contribution is -2.10. The van der Waals surface area contributed by atoms with Gasteiger partial charge in [-0.05, 0) is 12.8 Å². The Morgan fingerprint density at radius 2 is 2.45 bits per heavy atom. The number of aromatic nitrogens is 1. The molecule has 0 radical (unpaired) electrons. The molecule has 11 heavy (non-hydrogen) atoms. The summed E-state index contributed by atoms with van der Waals surface area (Å²) >= 11 is 1.61. The van der Waals surface area contributed by atoms with Gasteiger partial charge in [0, 0.05) is 11.3 Å². The van der Waals surface area contributed by atoms with E-state index in [4.69, 9.17) is 0 Å². The molecule has 1 fully saturated rings. The zero-order valence-electron chi connectivity index (χ0n) is 6.23. The fourth-order valence-corrected chi connectivity index (χ4v) is 2.31. The molecule has 3 heteroatoms. The van der Waals surface area contributed by atoms with Crippen LogP contribution in [0, 0.1) is 0 Å². The van der Waals surface area contributed by atoms with Crippen LogP contribution in [0.15, 0.2) is 10.9 Å². The largest absolute Gasteiger partial charge is 0.392 e. The molecule has 2 atom stereocenters. The van der Waals surface area contributed by atoms with Crippen molar-refractivity contribution in [3.05, 3.63) is 16.6 Å². The van der Waals surface area contributed by atoms with Gasteiger partial charge in [0.25, 0.3) is 0 Å². The standard InChI is InChI=1S/C8H11NOS/c10-8-3-1-2-6(8)7-4-11-5-9-7/h4-6,8,10H,1-3H2. The first-order chi connectivity index (χ1) is 5.38. The molecule has 2 rings (SSSR count). The Bertz CT molecular complexity index is 222. The highest BCUT2D eigenvalue weighted by Crippen LogP contribution is 2.33. The van der Waals surface area contributed by atoms with Gasteiger partial charge >= 0.3 is 0 Å². The minimum atomic E-state index is -0.142. The van der Waals surface area contributed by atoms with Crippen LogP contribution in [0.1, 0.15) is 30.9 Å². The van der Waals surface area contributed by atoms with Crippen LogP contribution in [0.2, 0.25) is 0 Å². The molecule has 0 spiro atoms. The average molecular weight is 169 g/mol. The first kappa shape index (κ1) is 7.25. The monoisotopic (exact) mass is 169 g/mol. The molecule has 0 aliphatic heterocycles. The molecule has 0 aromatic carbocycles. The number of hydrogen-bond acceptors (Lipinski definition) is 3. The van der Waals surface area contributed by atoms with E-state index in [0.717, 1.165) is 25.0 Å². The Morgan fingerprint density at radius 1 is 1.55 bits per heavy atom. The highest BCUT2D eigenvalue weighted by atomic mass is 32.1. The van der Waals surface area contributed by atoms with Crippen molar-refractivity contribution in [2.45, 2.75) is 31.3 Å². The predicted molar refractivity (Wildman–Crippen MR) is 44.7 cm³/mol. The molecule has 0 bridgehead atoms. The van der Waals surface area contributed by atoms with Crippen LogP contribution in [0.4, 0.5) is 0 Å². The number of hydrogen-bond donors (Lipinski definition) is 1. The molecule has 1 saturated carbocycles. The van der Waals surface area contributed by atoms with Crippen molar-refractivity contribution < 1.29 is 5.11 Å². The normalized spacial score (nSPS) is 31.0. The van der Waals surface area contributed by atoms with Crippen molar-refractivity contribution in [1.29, 1.82) is 0 Å². The molecule has 1 N–H and O–H groups in total. The highest BCUT2D eigenvalue weighted by Gasteiger charge is 2.27. The van der Waals surface area contributed by atoms with E-state index in [1.54, 1.807) is 11.3 Å². The number of aliphatic hydroxyl groups excluding tert-OH is 1. The van der Waals surface area contributed by atoms with Crippen LogP contribution in [-0.4, -0.2) is 16.2 Å². The molecule has 0 amide bonds. The second kappa shape index (κ2) is 2.91. The fraction of sp³-hybridized carbons (Fsp3) is 0.625. The van der Waals surface area contributed by atoms with Gasteiger partial charge in [-0.15, -0.1) is 11.3 Å². The van der Waals surface area contributed by atoms with E-state index >= 15 is 0 Å². The van der Waals surface area contributed by atoms with Crippen LogP contribution in [0.25, 0.3) is 0 Å². The third-order valence-electron chi connectivity index (χ3n) is 2.31. The summed E-state index contributed by atoms with van der Waals surface area (Å²) < 4.78 is 0. The van der Waals surface area contributed by atoms with Crippen molar-refractivity contribution in [3.63, 3.8) is 0 Å². The van der Waals surface area contributed by atoms with Gasteiger partial charge in [-0.2, -0.15) is 0 Å². The summed E-state index contributed by atoms with van der Waals surface area (Å²) in [5, 5.41) is 11.6. The minimum absolute atomic E-state index is 0.142. The molecule has 2 unspecified atom stereocenters. The average Bonchev–Trinajstić information content (AvgIpc) is 2.55. The number of nitrogens with zero attached hydrogens (tertiary/aromatic N) is 1. The van der Waals surface area contributed by atoms with Crippen molar-refractivity contribution in [2.24, 2.45) is 0 Å². The van der Waals surface area contributed by atoms with Crippen molar-refractivity contribution in [1.82, 2.24) is 4.98 Å². The second-order valence-corrected chi connectivity index (χ2v) is 3.74. The summed E-state index contributed by atoms with van der Waals surface area (Å²) in [6.07, 6.45) is 3.05. The second-order valence-electron chi connectivity index (χ2n) is 3.02. The van der Waals surface area contributed by atoms with Gasteiger partial charge in [-0.3, -0.25) is 0 Å². The first-order valence-corrected chi connectivity index (χ1v) is 4.88. The molecule has 1 aliphatic rings. The topological polar surface area (TPSA) is 33.1 Å². The van der Waals surface area contributed by atoms with E-state index in [2.05, 4.69) is 4.98 Å². The van der Waals surface area contributed by atoms with Crippen molar-refractivity contribution in [2.75, 3.05) is 0 Å². The number of aliphatic hydroxyl groups is 1. The maximum Gasteiger partial charge on any atom is 0.0794 e. The smallest absolute Gasteiger partial charge is 0.0794 e. The number of rotatable bonds is 1. The van der Waals surface area contributed by atoms with Gasteiger partial charge < -0.3 is 5.11 Å². The number of thiazole rings is 1. The Morgan fingerprint density at radius 3 is 3.00 bits per heavy atom. The van der Waals surface area contributed by atoms with Crippen LogP contribution in [0.5, 0.6) is 0 Å². The molecule has 1 heterocycles. The summed E-state index contributed by atoms with van der Waals surface area (Å²) in [7, 11) is 0. The zero-order chi connectivity index (χ0) is 7.68. The minimum Gasteiger partial charge on any atom is -0.392 e. The molecular weight excluding hydrogens is 158 g/mol. The predicted octanol–water partition coefficient (Wildman–Crippen LogP) is 1.77. The summed E-state index contributed by atoms with van der Waals surface area (Å²) in [4.78, 5) is 4.21. The first-order valence-electron chi connectivity index (χ1n) is 3.94. The molecule has 60 valence electrons. The summed E-state index contributed by atoms with van der Waals surface area (Å²) in [6, 6.07) is 0. The maximum atomic E-state index is 9.53. The molecule has 2 nitrogen and oxygen atoms in total. The van der Waals surface area contributed by atoms with E-state index in [-0.39, 0.29) is 6.10 Å². The van der Waals surface area contributed by atoms with Crippen molar-refractivity contribution >= 4 is 11.3 Å². The highest BCUT2D eigenvalue weighted by molar-refractivity contribution is 7.07. The fourth-order valence-electron chi connectivity index (χ4n) is 1.69. The lowest BCUT2D eigenvalue weighted by Gasteiger charge is -2.10. The van der Waals surface area contributed by atoms with Crippen LogP contribution < -0.4 is 0 Å². The molecule has 0 saturated heterocycles. The lowest BCUT2D eigenvalue weighted by molar-refractivity contribution is 0.162. The Labute approximate surface area is 69.9 Å². The van der Waals surface area contributed by atoms with E-state index in [0.29, 0.717) is 5.92 Å². The third kappa shape index (κ3) is 1.30. The molecule has 1 aromatic rings. The lowest BCUT2D eigenvalue weighted by atomic mass is 10.0. The Balaban J connectivity index is 2.16. The van der Waals surface area contributed by atoms with Gasteiger partial charge in [-0.1, -0.05) is 6.42 Å². The molecule has 1 aliphatic carbocycles. The van der Waals surface area contributed by atoms with Gasteiger partial charge in [0.2, 0.25) is 0 Å². The van der Waals surface area contributed by atoms with E-state index in [1.807, 2.05) is 10.9 Å². The van der Waals surface area contributed by atoms with Crippen LogP contribution in [0.3, 0.4) is 0 Å². The molecular formula is C8H11NOS. The van der Waals surface area contributed by atoms with Crippen LogP contribution in [-0.2, 0) is 0 Å². The van der Waals surface area contributed by atoms with Crippen molar-refractivity contribution in [3.8, 4) is 0 Å². The quantitative estimate of drug-likeness (QED) is 0.695. The third-order valence-corrected chi connectivity index (χ3v) is 2.92. The summed E-state index contributed by atoms with van der Waals surface area (Å²) in [6.45, 7) is 0. The van der Waals surface area contributed by atoms with E-state index in [1.165, 1.54) is 0 Å². The molecule has 1 aromatic heterocycles. The van der Waals surface area contributed by atoms with Gasteiger partial charge in [0.1, 0.15) is 0 Å². The van der Waals surface area contributed by atoms with Gasteiger partial charge in [0.05, 0.1) is 17.3 Å². The van der Waals surface area contributed by atoms with E-state index in [9.17, 15) is 5.11 Å². The SMILES string of the molecule is OC1CCCC1c1cscn1. The maximum absolute atomic E-state index is 9.53. The van der Waals surface area contributed by atoms with E-state index < -0.39 is 0 Å². The van der Waals surface area contributed by atoms with Crippen LogP contribution >= 0.6 is 11.3 Å². The van der Waals surface area contributed by atoms with Gasteiger partial charge in [-0.25, -0.2) is 4.98 Å².